The Balaban J connectivity index is 1.96. The van der Waals surface area contributed by atoms with Crippen LogP contribution in [-0.4, -0.2) is 18.5 Å². The number of hydrogen-bond acceptors (Lipinski definition) is 4. The van der Waals surface area contributed by atoms with Crippen molar-refractivity contribution in [2.75, 3.05) is 12.3 Å². The lowest BCUT2D eigenvalue weighted by Gasteiger charge is -2.23. The van der Waals surface area contributed by atoms with Gasteiger partial charge in [0.2, 0.25) is 0 Å². The summed E-state index contributed by atoms with van der Waals surface area (Å²) in [5.74, 6) is -0.219. The van der Waals surface area contributed by atoms with E-state index < -0.39 is 5.97 Å². The second kappa shape index (κ2) is 9.21. The predicted octanol–water partition coefficient (Wildman–Crippen LogP) is 4.06. The minimum absolute atomic E-state index is 0.145. The molecule has 0 bridgehead atoms. The molecular formula is C22H28N2O3. The molecule has 0 aliphatic heterocycles. The van der Waals surface area contributed by atoms with E-state index in [4.69, 9.17) is 10.5 Å². The number of anilines is 1. The van der Waals surface area contributed by atoms with Crippen molar-refractivity contribution in [2.45, 2.75) is 39.7 Å². The Hall–Kier alpha value is -2.82. The summed E-state index contributed by atoms with van der Waals surface area (Å²) in [5.41, 5.74) is 8.81. The summed E-state index contributed by atoms with van der Waals surface area (Å²) < 4.78 is 5.11. The molecule has 2 aromatic carbocycles. The van der Waals surface area contributed by atoms with Crippen LogP contribution in [0.25, 0.3) is 0 Å². The zero-order valence-electron chi connectivity index (χ0n) is 16.4. The molecule has 1 atom stereocenters. The molecule has 0 saturated carbocycles. The average molecular weight is 368 g/mol. The molecule has 5 nitrogen and oxygen atoms in total. The molecule has 2 rings (SSSR count). The minimum Gasteiger partial charge on any atom is -0.452 e. The third kappa shape index (κ3) is 5.84. The van der Waals surface area contributed by atoms with Gasteiger partial charge in [-0.05, 0) is 47.2 Å². The first kappa shape index (κ1) is 20.5. The lowest BCUT2D eigenvalue weighted by molar-refractivity contribution is -0.125. The fraction of sp³-hybridized carbons (Fsp3) is 0.364. The summed E-state index contributed by atoms with van der Waals surface area (Å²) in [6, 6.07) is 14.5. The van der Waals surface area contributed by atoms with Gasteiger partial charge in [0.15, 0.2) is 6.61 Å². The van der Waals surface area contributed by atoms with Crippen LogP contribution in [0.4, 0.5) is 5.69 Å². The van der Waals surface area contributed by atoms with E-state index in [0.717, 1.165) is 5.56 Å². The predicted molar refractivity (Wildman–Crippen MR) is 107 cm³/mol. The SMILES string of the molecule is CC(C)c1ccc([C@@H](NC(=O)COC(=O)c2ccc(N)cc2)C(C)C)cc1. The zero-order chi connectivity index (χ0) is 20.0. The number of nitrogens with one attached hydrogen (secondary N) is 1. The number of nitrogen functional groups attached to an aromatic ring is 1. The highest BCUT2D eigenvalue weighted by Gasteiger charge is 2.19. The lowest BCUT2D eigenvalue weighted by Crippen LogP contribution is -2.35. The average Bonchev–Trinajstić information content (AvgIpc) is 2.64. The van der Waals surface area contributed by atoms with E-state index >= 15 is 0 Å². The number of nitrogens with two attached hydrogens (primary N) is 1. The van der Waals surface area contributed by atoms with Crippen LogP contribution in [-0.2, 0) is 9.53 Å². The van der Waals surface area contributed by atoms with E-state index in [9.17, 15) is 9.59 Å². The number of rotatable bonds is 7. The van der Waals surface area contributed by atoms with Crippen LogP contribution in [0, 0.1) is 5.92 Å². The Morgan fingerprint density at radius 1 is 0.926 bits per heavy atom. The molecular weight excluding hydrogens is 340 g/mol. The second-order valence-electron chi connectivity index (χ2n) is 7.31. The number of benzene rings is 2. The Morgan fingerprint density at radius 2 is 1.48 bits per heavy atom. The molecule has 1 amide bonds. The zero-order valence-corrected chi connectivity index (χ0v) is 16.4. The van der Waals surface area contributed by atoms with Crippen LogP contribution in [0.1, 0.15) is 61.1 Å². The van der Waals surface area contributed by atoms with Crippen molar-refractivity contribution in [3.63, 3.8) is 0 Å². The highest BCUT2D eigenvalue weighted by molar-refractivity contribution is 5.91. The number of carbonyl (C=O) groups excluding carboxylic acids is 2. The van der Waals surface area contributed by atoms with Crippen LogP contribution in [0.2, 0.25) is 0 Å². The van der Waals surface area contributed by atoms with Crippen molar-refractivity contribution in [1.82, 2.24) is 5.32 Å². The van der Waals surface area contributed by atoms with E-state index in [-0.39, 0.29) is 24.5 Å². The van der Waals surface area contributed by atoms with Crippen molar-refractivity contribution in [1.29, 1.82) is 0 Å². The molecule has 0 saturated heterocycles. The Morgan fingerprint density at radius 3 is 2.00 bits per heavy atom. The quantitative estimate of drug-likeness (QED) is 0.570. The third-order valence-corrected chi connectivity index (χ3v) is 4.43. The van der Waals surface area contributed by atoms with Crippen molar-refractivity contribution >= 4 is 17.6 Å². The number of esters is 1. The molecule has 0 aromatic heterocycles. The molecule has 0 unspecified atom stereocenters. The Bertz CT molecular complexity index is 765. The lowest BCUT2D eigenvalue weighted by atomic mass is 9.93. The van der Waals surface area contributed by atoms with Crippen molar-refractivity contribution in [3.8, 4) is 0 Å². The van der Waals surface area contributed by atoms with Gasteiger partial charge in [-0.2, -0.15) is 0 Å². The van der Waals surface area contributed by atoms with Crippen LogP contribution >= 0.6 is 0 Å². The number of amides is 1. The van der Waals surface area contributed by atoms with Crippen molar-refractivity contribution in [3.05, 3.63) is 65.2 Å². The summed E-state index contributed by atoms with van der Waals surface area (Å²) in [5, 5.41) is 2.96. The molecule has 0 spiro atoms. The summed E-state index contributed by atoms with van der Waals surface area (Å²) in [6.07, 6.45) is 0. The Kier molecular flexibility index (Phi) is 6.99. The number of hydrogen-bond donors (Lipinski definition) is 2. The van der Waals surface area contributed by atoms with E-state index in [2.05, 4.69) is 31.3 Å². The topological polar surface area (TPSA) is 81.4 Å². The molecule has 0 fully saturated rings. The fourth-order valence-electron chi connectivity index (χ4n) is 2.77. The van der Waals surface area contributed by atoms with E-state index in [1.54, 1.807) is 24.3 Å². The van der Waals surface area contributed by atoms with Gasteiger partial charge >= 0.3 is 5.97 Å². The minimum atomic E-state index is -0.549. The number of ether oxygens (including phenoxy) is 1. The van der Waals surface area contributed by atoms with Crippen LogP contribution in [0.15, 0.2) is 48.5 Å². The standard InChI is InChI=1S/C22H28N2O3/c1-14(2)16-5-7-17(8-6-16)21(15(3)4)24-20(25)13-27-22(26)18-9-11-19(23)12-10-18/h5-12,14-15,21H,13,23H2,1-4H3,(H,24,25)/t21-/m0/s1. The summed E-state index contributed by atoms with van der Waals surface area (Å²) >= 11 is 0. The molecule has 144 valence electrons. The maximum Gasteiger partial charge on any atom is 0.338 e. The molecule has 27 heavy (non-hydrogen) atoms. The highest BCUT2D eigenvalue weighted by Crippen LogP contribution is 2.24. The van der Waals surface area contributed by atoms with Crippen LogP contribution < -0.4 is 11.1 Å². The second-order valence-corrected chi connectivity index (χ2v) is 7.31. The summed E-state index contributed by atoms with van der Waals surface area (Å²) in [7, 11) is 0. The molecule has 0 radical (unpaired) electrons. The first-order valence-electron chi connectivity index (χ1n) is 9.19. The maximum atomic E-state index is 12.3. The first-order valence-corrected chi connectivity index (χ1v) is 9.19. The smallest absolute Gasteiger partial charge is 0.338 e. The largest absolute Gasteiger partial charge is 0.452 e. The fourth-order valence-corrected chi connectivity index (χ4v) is 2.77. The van der Waals surface area contributed by atoms with E-state index in [1.807, 2.05) is 26.0 Å². The first-order chi connectivity index (χ1) is 12.8. The van der Waals surface area contributed by atoms with Gasteiger partial charge in [-0.25, -0.2) is 4.79 Å². The molecule has 3 N–H and O–H groups in total. The van der Waals surface area contributed by atoms with Gasteiger partial charge in [0, 0.05) is 5.69 Å². The number of carbonyl (C=O) groups is 2. The van der Waals surface area contributed by atoms with Crippen molar-refractivity contribution < 1.29 is 14.3 Å². The van der Waals surface area contributed by atoms with Gasteiger partial charge in [0.1, 0.15) is 0 Å². The molecule has 5 heteroatoms. The van der Waals surface area contributed by atoms with Gasteiger partial charge in [-0.1, -0.05) is 52.0 Å². The van der Waals surface area contributed by atoms with Gasteiger partial charge in [-0.15, -0.1) is 0 Å². The normalized spacial score (nSPS) is 12.1. The highest BCUT2D eigenvalue weighted by atomic mass is 16.5. The van der Waals surface area contributed by atoms with Crippen LogP contribution in [0.5, 0.6) is 0 Å². The van der Waals surface area contributed by atoms with Gasteiger partial charge in [-0.3, -0.25) is 4.79 Å². The third-order valence-electron chi connectivity index (χ3n) is 4.43. The maximum absolute atomic E-state index is 12.3. The Labute approximate surface area is 160 Å². The molecule has 0 heterocycles. The van der Waals surface area contributed by atoms with Gasteiger partial charge in [0.25, 0.3) is 5.91 Å². The monoisotopic (exact) mass is 368 g/mol. The van der Waals surface area contributed by atoms with Gasteiger partial charge in [0.05, 0.1) is 11.6 Å². The van der Waals surface area contributed by atoms with E-state index in [1.165, 1.54) is 5.56 Å². The summed E-state index contributed by atoms with van der Waals surface area (Å²) in [6.45, 7) is 8.05. The van der Waals surface area contributed by atoms with Crippen molar-refractivity contribution in [2.24, 2.45) is 5.92 Å². The molecule has 2 aromatic rings. The van der Waals surface area contributed by atoms with Crippen LogP contribution in [0.3, 0.4) is 0 Å². The van der Waals surface area contributed by atoms with E-state index in [0.29, 0.717) is 17.2 Å². The van der Waals surface area contributed by atoms with Gasteiger partial charge < -0.3 is 15.8 Å². The molecule has 0 aliphatic carbocycles. The molecule has 0 aliphatic rings. The summed E-state index contributed by atoms with van der Waals surface area (Å²) in [4.78, 5) is 24.3.